The van der Waals surface area contributed by atoms with Gasteiger partial charge in [-0.2, -0.15) is 0 Å². The van der Waals surface area contributed by atoms with Gasteiger partial charge in [0, 0.05) is 25.4 Å². The summed E-state index contributed by atoms with van der Waals surface area (Å²) in [6.45, 7) is 3.56. The molecule has 0 atom stereocenters. The van der Waals surface area contributed by atoms with Crippen molar-refractivity contribution in [2.45, 2.75) is 19.9 Å². The van der Waals surface area contributed by atoms with Gasteiger partial charge >= 0.3 is 6.03 Å². The van der Waals surface area contributed by atoms with E-state index in [9.17, 15) is 4.79 Å². The van der Waals surface area contributed by atoms with E-state index in [1.54, 1.807) is 19.4 Å². The highest BCUT2D eigenvalue weighted by atomic mass is 16.5. The van der Waals surface area contributed by atoms with Crippen molar-refractivity contribution < 1.29 is 14.3 Å². The van der Waals surface area contributed by atoms with Gasteiger partial charge < -0.3 is 20.1 Å². The molecule has 0 aliphatic heterocycles. The highest BCUT2D eigenvalue weighted by Crippen LogP contribution is 2.12. The highest BCUT2D eigenvalue weighted by Gasteiger charge is 2.01. The molecule has 0 unspecified atom stereocenters. The standard InChI is InChI=1S/C18H23N3O3/c1-14-5-3-6-16(11-14)24-10-4-9-19-18(22)21-13-15-7-8-17(23-2)20-12-15/h3,5-8,11-12H,4,9-10,13H2,1-2H3,(H2,19,21,22). The van der Waals surface area contributed by atoms with Gasteiger partial charge in [0.25, 0.3) is 0 Å². The Hall–Kier alpha value is -2.76. The summed E-state index contributed by atoms with van der Waals surface area (Å²) >= 11 is 0. The first-order valence-electron chi connectivity index (χ1n) is 7.87. The normalized spacial score (nSPS) is 10.1. The predicted octanol–water partition coefficient (Wildman–Crippen LogP) is 2.67. The first-order valence-corrected chi connectivity index (χ1v) is 7.87. The van der Waals surface area contributed by atoms with Gasteiger partial charge in [-0.05, 0) is 36.6 Å². The minimum Gasteiger partial charge on any atom is -0.494 e. The number of pyridine rings is 1. The smallest absolute Gasteiger partial charge is 0.315 e. The monoisotopic (exact) mass is 329 g/mol. The number of ether oxygens (including phenoxy) is 2. The zero-order chi connectivity index (χ0) is 17.2. The first-order chi connectivity index (χ1) is 11.7. The molecule has 6 heteroatoms. The fraction of sp³-hybridized carbons (Fsp3) is 0.333. The molecule has 128 valence electrons. The number of aromatic nitrogens is 1. The van der Waals surface area contributed by atoms with Crippen LogP contribution in [0.5, 0.6) is 11.6 Å². The third kappa shape index (κ3) is 6.16. The molecule has 0 aliphatic carbocycles. The van der Waals surface area contributed by atoms with Gasteiger partial charge in [-0.1, -0.05) is 18.2 Å². The number of methoxy groups -OCH3 is 1. The van der Waals surface area contributed by atoms with E-state index in [4.69, 9.17) is 9.47 Å². The van der Waals surface area contributed by atoms with E-state index in [0.29, 0.717) is 25.6 Å². The molecule has 0 saturated heterocycles. The molecule has 2 amide bonds. The van der Waals surface area contributed by atoms with Crippen LogP contribution in [-0.4, -0.2) is 31.3 Å². The summed E-state index contributed by atoms with van der Waals surface area (Å²) in [6, 6.07) is 11.3. The summed E-state index contributed by atoms with van der Waals surface area (Å²) in [4.78, 5) is 15.8. The zero-order valence-corrected chi connectivity index (χ0v) is 14.0. The lowest BCUT2D eigenvalue weighted by Crippen LogP contribution is -2.36. The van der Waals surface area contributed by atoms with Crippen molar-refractivity contribution in [3.05, 3.63) is 53.7 Å². The maximum Gasteiger partial charge on any atom is 0.315 e. The summed E-state index contributed by atoms with van der Waals surface area (Å²) in [6.07, 6.45) is 2.42. The number of nitrogens with one attached hydrogen (secondary N) is 2. The van der Waals surface area contributed by atoms with Gasteiger partial charge in [-0.3, -0.25) is 0 Å². The number of benzene rings is 1. The molecule has 24 heavy (non-hydrogen) atoms. The van der Waals surface area contributed by atoms with Crippen molar-refractivity contribution >= 4 is 6.03 Å². The Morgan fingerprint density at radius 3 is 2.79 bits per heavy atom. The van der Waals surface area contributed by atoms with Gasteiger partial charge in [0.15, 0.2) is 0 Å². The SMILES string of the molecule is COc1ccc(CNC(=O)NCCCOc2cccc(C)c2)cn1. The average Bonchev–Trinajstić information content (AvgIpc) is 2.60. The van der Waals surface area contributed by atoms with Gasteiger partial charge in [-0.15, -0.1) is 0 Å². The van der Waals surface area contributed by atoms with E-state index in [1.165, 1.54) is 0 Å². The van der Waals surface area contributed by atoms with Crippen LogP contribution in [0.25, 0.3) is 0 Å². The molecule has 0 spiro atoms. The van der Waals surface area contributed by atoms with Gasteiger partial charge in [0.05, 0.1) is 13.7 Å². The number of urea groups is 1. The van der Waals surface area contributed by atoms with Crippen LogP contribution in [0.2, 0.25) is 0 Å². The number of hydrogen-bond acceptors (Lipinski definition) is 4. The fourth-order valence-electron chi connectivity index (χ4n) is 2.05. The van der Waals surface area contributed by atoms with Gasteiger partial charge in [0.1, 0.15) is 5.75 Å². The Bertz CT molecular complexity index is 644. The predicted molar refractivity (Wildman–Crippen MR) is 92.3 cm³/mol. The number of amides is 2. The molecule has 0 bridgehead atoms. The Labute approximate surface area is 142 Å². The van der Waals surface area contributed by atoms with Crippen molar-refractivity contribution in [1.82, 2.24) is 15.6 Å². The summed E-state index contributed by atoms with van der Waals surface area (Å²) in [5.41, 5.74) is 2.08. The Kier molecular flexibility index (Phi) is 6.89. The van der Waals surface area contributed by atoms with Crippen molar-refractivity contribution in [2.24, 2.45) is 0 Å². The van der Waals surface area contributed by atoms with Crippen molar-refractivity contribution in [1.29, 1.82) is 0 Å². The van der Waals surface area contributed by atoms with Crippen LogP contribution in [0.4, 0.5) is 4.79 Å². The summed E-state index contributed by atoms with van der Waals surface area (Å²) in [5, 5.41) is 5.58. The molecule has 1 heterocycles. The van der Waals surface area contributed by atoms with E-state index >= 15 is 0 Å². The number of carbonyl (C=O) groups is 1. The minimum absolute atomic E-state index is 0.207. The number of aryl methyl sites for hydroxylation is 1. The van der Waals surface area contributed by atoms with E-state index in [1.807, 2.05) is 37.3 Å². The molecule has 0 aliphatic rings. The van der Waals surface area contributed by atoms with Crippen molar-refractivity contribution in [3.63, 3.8) is 0 Å². The molecule has 2 rings (SSSR count). The average molecular weight is 329 g/mol. The molecular weight excluding hydrogens is 306 g/mol. The van der Waals surface area contributed by atoms with Crippen LogP contribution in [-0.2, 0) is 6.54 Å². The quantitative estimate of drug-likeness (QED) is 0.730. The minimum atomic E-state index is -0.207. The topological polar surface area (TPSA) is 72.5 Å². The molecule has 2 aromatic rings. The van der Waals surface area contributed by atoms with E-state index in [2.05, 4.69) is 15.6 Å². The maximum absolute atomic E-state index is 11.7. The summed E-state index contributed by atoms with van der Waals surface area (Å²) < 4.78 is 10.6. The third-order valence-corrected chi connectivity index (χ3v) is 3.32. The second kappa shape index (κ2) is 9.39. The maximum atomic E-state index is 11.7. The largest absolute Gasteiger partial charge is 0.494 e. The van der Waals surface area contributed by atoms with Crippen LogP contribution >= 0.6 is 0 Å². The second-order valence-corrected chi connectivity index (χ2v) is 5.34. The Balaban J connectivity index is 1.57. The fourth-order valence-corrected chi connectivity index (χ4v) is 2.05. The third-order valence-electron chi connectivity index (χ3n) is 3.32. The number of carbonyl (C=O) groups excluding carboxylic acids is 1. The molecule has 0 saturated carbocycles. The number of hydrogen-bond donors (Lipinski definition) is 2. The molecule has 1 aromatic heterocycles. The van der Waals surface area contributed by atoms with Crippen molar-refractivity contribution in [3.8, 4) is 11.6 Å². The summed E-state index contributed by atoms with van der Waals surface area (Å²) in [7, 11) is 1.57. The van der Waals surface area contributed by atoms with E-state index in [-0.39, 0.29) is 6.03 Å². The van der Waals surface area contributed by atoms with Crippen LogP contribution in [0.1, 0.15) is 17.5 Å². The molecule has 1 aromatic carbocycles. The molecule has 6 nitrogen and oxygen atoms in total. The highest BCUT2D eigenvalue weighted by molar-refractivity contribution is 5.73. The summed E-state index contributed by atoms with van der Waals surface area (Å²) in [5.74, 6) is 1.41. The zero-order valence-electron chi connectivity index (χ0n) is 14.0. The lowest BCUT2D eigenvalue weighted by atomic mass is 10.2. The van der Waals surface area contributed by atoms with Crippen LogP contribution in [0, 0.1) is 6.92 Å². The van der Waals surface area contributed by atoms with Crippen LogP contribution in [0.3, 0.4) is 0 Å². The molecule has 0 radical (unpaired) electrons. The van der Waals surface area contributed by atoms with E-state index in [0.717, 1.165) is 23.3 Å². The lowest BCUT2D eigenvalue weighted by molar-refractivity contribution is 0.238. The molecule has 0 fully saturated rings. The Morgan fingerprint density at radius 1 is 1.21 bits per heavy atom. The number of rotatable bonds is 8. The Morgan fingerprint density at radius 2 is 2.08 bits per heavy atom. The number of nitrogens with zero attached hydrogens (tertiary/aromatic N) is 1. The van der Waals surface area contributed by atoms with Crippen LogP contribution in [0.15, 0.2) is 42.6 Å². The van der Waals surface area contributed by atoms with Gasteiger partial charge in [-0.25, -0.2) is 9.78 Å². The molecule has 2 N–H and O–H groups in total. The second-order valence-electron chi connectivity index (χ2n) is 5.34. The molecular formula is C18H23N3O3. The first kappa shape index (κ1) is 17.6. The van der Waals surface area contributed by atoms with Crippen molar-refractivity contribution in [2.75, 3.05) is 20.3 Å². The lowest BCUT2D eigenvalue weighted by Gasteiger charge is -2.09. The van der Waals surface area contributed by atoms with Crippen LogP contribution < -0.4 is 20.1 Å². The van der Waals surface area contributed by atoms with Gasteiger partial charge in [0.2, 0.25) is 5.88 Å². The van der Waals surface area contributed by atoms with E-state index < -0.39 is 0 Å².